The van der Waals surface area contributed by atoms with Crippen LogP contribution < -0.4 is 0 Å². The number of aromatic nitrogens is 2. The Balaban J connectivity index is 2.25. The van der Waals surface area contributed by atoms with Crippen molar-refractivity contribution in [3.63, 3.8) is 0 Å². The summed E-state index contributed by atoms with van der Waals surface area (Å²) in [4.78, 5) is 25.8. The zero-order chi connectivity index (χ0) is 15.6. The molecule has 0 bridgehead atoms. The summed E-state index contributed by atoms with van der Waals surface area (Å²) in [5.74, 6) is -2.10. The number of fused-ring (bicyclic) bond motifs is 1. The summed E-state index contributed by atoms with van der Waals surface area (Å²) >= 11 is 3.38. The van der Waals surface area contributed by atoms with Crippen molar-refractivity contribution in [1.29, 1.82) is 0 Å². The lowest BCUT2D eigenvalue weighted by atomic mass is 10.1. The second-order valence-electron chi connectivity index (χ2n) is 4.44. The lowest BCUT2D eigenvalue weighted by Crippen LogP contribution is -2.23. The Morgan fingerprint density at radius 1 is 1.43 bits per heavy atom. The number of hydrogen-bond acceptors (Lipinski definition) is 4. The fourth-order valence-corrected chi connectivity index (χ4v) is 2.47. The third-order valence-electron chi connectivity index (χ3n) is 3.07. The molecule has 2 heterocycles. The van der Waals surface area contributed by atoms with Gasteiger partial charge in [-0.05, 0) is 24.5 Å². The second-order valence-corrected chi connectivity index (χ2v) is 5.30. The van der Waals surface area contributed by atoms with Crippen LogP contribution in [0.2, 0.25) is 0 Å². The zero-order valence-electron chi connectivity index (χ0n) is 11.1. The number of pyridine rings is 1. The van der Waals surface area contributed by atoms with Gasteiger partial charge < -0.3 is 19.4 Å². The SMILES string of the molecule is COC(CCc1cn2cc(C(=O)O)nc2cc1Br)C(=O)O. The molecule has 0 aliphatic carbocycles. The molecule has 2 rings (SSSR count). The van der Waals surface area contributed by atoms with Gasteiger partial charge in [0.05, 0.1) is 0 Å². The minimum absolute atomic E-state index is 0.0423. The van der Waals surface area contributed by atoms with E-state index in [-0.39, 0.29) is 5.69 Å². The predicted octanol–water partition coefficient (Wildman–Crippen LogP) is 1.83. The molecule has 0 radical (unpaired) electrons. The number of aromatic carboxylic acids is 1. The highest BCUT2D eigenvalue weighted by Crippen LogP contribution is 2.21. The molecule has 0 aliphatic heterocycles. The zero-order valence-corrected chi connectivity index (χ0v) is 12.7. The number of nitrogens with zero attached hydrogens (tertiary/aromatic N) is 2. The van der Waals surface area contributed by atoms with Gasteiger partial charge in [-0.25, -0.2) is 14.6 Å². The molecule has 0 fully saturated rings. The number of aliphatic carboxylic acids is 1. The van der Waals surface area contributed by atoms with E-state index in [2.05, 4.69) is 20.9 Å². The largest absolute Gasteiger partial charge is 0.479 e. The molecule has 1 unspecified atom stereocenters. The fourth-order valence-electron chi connectivity index (χ4n) is 1.97. The van der Waals surface area contributed by atoms with Crippen molar-refractivity contribution in [3.05, 3.63) is 34.2 Å². The molecule has 112 valence electrons. The average molecular weight is 357 g/mol. The number of imidazole rings is 1. The van der Waals surface area contributed by atoms with Crippen molar-refractivity contribution in [2.45, 2.75) is 18.9 Å². The molecule has 2 aromatic rings. The maximum atomic E-state index is 10.9. The maximum absolute atomic E-state index is 10.9. The smallest absolute Gasteiger partial charge is 0.356 e. The molecule has 0 spiro atoms. The van der Waals surface area contributed by atoms with Gasteiger partial charge in [-0.1, -0.05) is 15.9 Å². The minimum Gasteiger partial charge on any atom is -0.479 e. The molecule has 2 aromatic heterocycles. The van der Waals surface area contributed by atoms with Crippen LogP contribution in [-0.4, -0.2) is 44.8 Å². The number of halogens is 1. The lowest BCUT2D eigenvalue weighted by molar-refractivity contribution is -0.148. The number of methoxy groups -OCH3 is 1. The van der Waals surface area contributed by atoms with Crippen molar-refractivity contribution < 1.29 is 24.5 Å². The van der Waals surface area contributed by atoms with Crippen molar-refractivity contribution in [2.24, 2.45) is 0 Å². The highest BCUT2D eigenvalue weighted by atomic mass is 79.9. The maximum Gasteiger partial charge on any atom is 0.356 e. The molecule has 0 amide bonds. The van der Waals surface area contributed by atoms with Crippen LogP contribution >= 0.6 is 15.9 Å². The summed E-state index contributed by atoms with van der Waals surface area (Å²) in [5, 5.41) is 17.9. The summed E-state index contributed by atoms with van der Waals surface area (Å²) in [6, 6.07) is 1.70. The summed E-state index contributed by atoms with van der Waals surface area (Å²) < 4.78 is 7.24. The Kier molecular flexibility index (Phi) is 4.59. The van der Waals surface area contributed by atoms with E-state index in [9.17, 15) is 9.59 Å². The topological polar surface area (TPSA) is 101 Å². The van der Waals surface area contributed by atoms with E-state index >= 15 is 0 Å². The first kappa shape index (κ1) is 15.5. The van der Waals surface area contributed by atoms with Crippen LogP contribution in [0.3, 0.4) is 0 Å². The van der Waals surface area contributed by atoms with Gasteiger partial charge in [0.1, 0.15) is 5.65 Å². The molecule has 0 aromatic carbocycles. The Labute approximate surface area is 128 Å². The van der Waals surface area contributed by atoms with Gasteiger partial charge in [-0.3, -0.25) is 0 Å². The van der Waals surface area contributed by atoms with Gasteiger partial charge in [0.25, 0.3) is 0 Å². The third kappa shape index (κ3) is 3.40. The van der Waals surface area contributed by atoms with Gasteiger partial charge in [-0.2, -0.15) is 0 Å². The van der Waals surface area contributed by atoms with Gasteiger partial charge in [0.15, 0.2) is 11.8 Å². The number of aryl methyl sites for hydroxylation is 1. The Morgan fingerprint density at radius 2 is 2.14 bits per heavy atom. The predicted molar refractivity (Wildman–Crippen MR) is 76.6 cm³/mol. The third-order valence-corrected chi connectivity index (χ3v) is 3.81. The molecule has 2 N–H and O–H groups in total. The van der Waals surface area contributed by atoms with Crippen LogP contribution in [0.25, 0.3) is 5.65 Å². The van der Waals surface area contributed by atoms with E-state index < -0.39 is 18.0 Å². The standard InChI is InChI=1S/C13H13BrN2O5/c1-21-10(13(19)20)3-2-7-5-16-6-9(12(17)18)15-11(16)4-8(7)14/h4-6,10H,2-3H2,1H3,(H,17,18)(H,19,20). The molecule has 0 aliphatic rings. The number of carboxylic acid groups (broad SMARTS) is 2. The van der Waals surface area contributed by atoms with E-state index in [0.717, 1.165) is 10.0 Å². The van der Waals surface area contributed by atoms with Crippen LogP contribution in [0, 0.1) is 0 Å². The average Bonchev–Trinajstić information content (AvgIpc) is 2.82. The number of rotatable bonds is 6. The van der Waals surface area contributed by atoms with Crippen molar-refractivity contribution >= 4 is 33.5 Å². The lowest BCUT2D eigenvalue weighted by Gasteiger charge is -2.11. The molecular weight excluding hydrogens is 344 g/mol. The highest BCUT2D eigenvalue weighted by molar-refractivity contribution is 9.10. The minimum atomic E-state index is -1.10. The first-order valence-electron chi connectivity index (χ1n) is 6.08. The van der Waals surface area contributed by atoms with Crippen LogP contribution in [0.1, 0.15) is 22.5 Å². The summed E-state index contributed by atoms with van der Waals surface area (Å²) in [6.07, 6.45) is 3.06. The first-order valence-corrected chi connectivity index (χ1v) is 6.87. The molecule has 1 atom stereocenters. The van der Waals surface area contributed by atoms with Crippen molar-refractivity contribution in [1.82, 2.24) is 9.38 Å². The van der Waals surface area contributed by atoms with Gasteiger partial charge in [0.2, 0.25) is 0 Å². The summed E-state index contributed by atoms with van der Waals surface area (Å²) in [6.45, 7) is 0. The number of ether oxygens (including phenoxy) is 1. The molecular formula is C13H13BrN2O5. The van der Waals surface area contributed by atoms with E-state index in [1.165, 1.54) is 13.3 Å². The molecule has 0 saturated carbocycles. The van der Waals surface area contributed by atoms with Crippen LogP contribution in [0.15, 0.2) is 22.9 Å². The summed E-state index contributed by atoms with van der Waals surface area (Å²) in [5.41, 5.74) is 1.31. The van der Waals surface area contributed by atoms with Gasteiger partial charge >= 0.3 is 11.9 Å². The first-order chi connectivity index (χ1) is 9.92. The van der Waals surface area contributed by atoms with Crippen molar-refractivity contribution in [3.8, 4) is 0 Å². The monoisotopic (exact) mass is 356 g/mol. The number of carboxylic acids is 2. The van der Waals surface area contributed by atoms with Gasteiger partial charge in [0, 0.05) is 24.0 Å². The van der Waals surface area contributed by atoms with Crippen LogP contribution in [-0.2, 0) is 16.0 Å². The number of hydrogen-bond donors (Lipinski definition) is 2. The summed E-state index contributed by atoms with van der Waals surface area (Å²) in [7, 11) is 1.35. The Bertz CT molecular complexity index is 697. The highest BCUT2D eigenvalue weighted by Gasteiger charge is 2.17. The number of carbonyl (C=O) groups is 2. The molecule has 0 saturated heterocycles. The quantitative estimate of drug-likeness (QED) is 0.818. The second kappa shape index (κ2) is 6.23. The fraction of sp³-hybridized carbons (Fsp3) is 0.308. The van der Waals surface area contributed by atoms with E-state index in [4.69, 9.17) is 14.9 Å². The molecule has 7 nitrogen and oxygen atoms in total. The Morgan fingerprint density at radius 3 is 2.71 bits per heavy atom. The van der Waals surface area contributed by atoms with Gasteiger partial charge in [-0.15, -0.1) is 0 Å². The van der Waals surface area contributed by atoms with Crippen LogP contribution in [0.4, 0.5) is 0 Å². The Hall–Kier alpha value is -1.93. The molecule has 8 heteroatoms. The van der Waals surface area contributed by atoms with Crippen LogP contribution in [0.5, 0.6) is 0 Å². The van der Waals surface area contributed by atoms with E-state index in [1.807, 2.05) is 0 Å². The normalized spacial score (nSPS) is 12.5. The van der Waals surface area contributed by atoms with Crippen molar-refractivity contribution in [2.75, 3.05) is 7.11 Å². The molecule has 21 heavy (non-hydrogen) atoms. The van der Waals surface area contributed by atoms with E-state index in [0.29, 0.717) is 18.5 Å². The van der Waals surface area contributed by atoms with E-state index in [1.54, 1.807) is 16.7 Å².